The van der Waals surface area contributed by atoms with Crippen molar-refractivity contribution in [2.75, 3.05) is 12.3 Å². The summed E-state index contributed by atoms with van der Waals surface area (Å²) in [6.07, 6.45) is 2.35. The van der Waals surface area contributed by atoms with Crippen LogP contribution in [0.3, 0.4) is 0 Å². The van der Waals surface area contributed by atoms with Crippen LogP contribution >= 0.6 is 11.8 Å². The van der Waals surface area contributed by atoms with Crippen molar-refractivity contribution >= 4 is 17.7 Å². The Morgan fingerprint density at radius 2 is 2.41 bits per heavy atom. The molecule has 2 rings (SSSR count). The minimum atomic E-state index is -0.443. The zero-order valence-electron chi connectivity index (χ0n) is 9.83. The maximum atomic E-state index is 13.5. The third-order valence-corrected chi connectivity index (χ3v) is 4.28. The zero-order chi connectivity index (χ0) is 12.3. The third kappa shape index (κ3) is 3.22. The number of thioether (sulfide) groups is 1. The molecule has 1 aliphatic heterocycles. The van der Waals surface area contributed by atoms with Crippen LogP contribution < -0.4 is 5.32 Å². The fraction of sp³-hybridized carbons (Fsp3) is 0.462. The molecule has 17 heavy (non-hydrogen) atoms. The smallest absolute Gasteiger partial charge is 0.254 e. The van der Waals surface area contributed by atoms with Crippen LogP contribution in [0.2, 0.25) is 0 Å². The standard InChI is InChI=1S/C13H16FNOS/c1-9-4-5-11(12(14)7-9)13(16)15-8-10-3-2-6-17-10/h4-5,7,10H,2-3,6,8H2,1H3,(H,15,16). The second kappa shape index (κ2) is 5.54. The van der Waals surface area contributed by atoms with E-state index in [2.05, 4.69) is 5.32 Å². The molecule has 0 bridgehead atoms. The van der Waals surface area contributed by atoms with E-state index in [0.717, 1.165) is 12.0 Å². The molecule has 4 heteroatoms. The van der Waals surface area contributed by atoms with Crippen molar-refractivity contribution in [3.05, 3.63) is 35.1 Å². The minimum absolute atomic E-state index is 0.138. The second-order valence-corrected chi connectivity index (χ2v) is 5.74. The lowest BCUT2D eigenvalue weighted by Gasteiger charge is -2.10. The molecule has 2 nitrogen and oxygen atoms in total. The molecule has 0 aromatic heterocycles. The van der Waals surface area contributed by atoms with Crippen molar-refractivity contribution in [2.24, 2.45) is 0 Å². The van der Waals surface area contributed by atoms with Crippen LogP contribution in [0.1, 0.15) is 28.8 Å². The Morgan fingerprint density at radius 3 is 3.06 bits per heavy atom. The number of carbonyl (C=O) groups excluding carboxylic acids is 1. The van der Waals surface area contributed by atoms with Crippen molar-refractivity contribution in [1.29, 1.82) is 0 Å². The Morgan fingerprint density at radius 1 is 1.59 bits per heavy atom. The lowest BCUT2D eigenvalue weighted by atomic mass is 10.1. The van der Waals surface area contributed by atoms with Gasteiger partial charge in [0.15, 0.2) is 0 Å². The summed E-state index contributed by atoms with van der Waals surface area (Å²) in [7, 11) is 0. The Bertz CT molecular complexity index is 416. The maximum Gasteiger partial charge on any atom is 0.254 e. The molecule has 1 heterocycles. The van der Waals surface area contributed by atoms with E-state index in [-0.39, 0.29) is 11.5 Å². The van der Waals surface area contributed by atoms with Gasteiger partial charge in [-0.3, -0.25) is 4.79 Å². The summed E-state index contributed by atoms with van der Waals surface area (Å²) < 4.78 is 13.5. The van der Waals surface area contributed by atoms with Gasteiger partial charge in [-0.2, -0.15) is 11.8 Å². The first-order valence-electron chi connectivity index (χ1n) is 5.83. The number of rotatable bonds is 3. The molecule has 1 N–H and O–H groups in total. The number of aryl methyl sites for hydroxylation is 1. The molecular formula is C13H16FNOS. The molecule has 92 valence electrons. The van der Waals surface area contributed by atoms with Gasteiger partial charge < -0.3 is 5.32 Å². The fourth-order valence-corrected chi connectivity index (χ4v) is 3.11. The summed E-state index contributed by atoms with van der Waals surface area (Å²) in [6.45, 7) is 2.44. The number of benzene rings is 1. The number of halogens is 1. The van der Waals surface area contributed by atoms with E-state index in [1.54, 1.807) is 19.1 Å². The molecule has 0 aliphatic carbocycles. The van der Waals surface area contributed by atoms with Gasteiger partial charge in [-0.1, -0.05) is 6.07 Å². The summed E-state index contributed by atoms with van der Waals surface area (Å²) in [4.78, 5) is 11.8. The summed E-state index contributed by atoms with van der Waals surface area (Å²) in [5, 5.41) is 3.29. The molecule has 1 aromatic carbocycles. The first kappa shape index (κ1) is 12.4. The van der Waals surface area contributed by atoms with Crippen LogP contribution in [0.15, 0.2) is 18.2 Å². The van der Waals surface area contributed by atoms with Gasteiger partial charge in [0, 0.05) is 11.8 Å². The van der Waals surface area contributed by atoms with E-state index < -0.39 is 5.82 Å². The summed E-state index contributed by atoms with van der Waals surface area (Å²) in [5.74, 6) is 0.413. The molecule has 1 atom stereocenters. The first-order valence-corrected chi connectivity index (χ1v) is 6.87. The van der Waals surface area contributed by atoms with E-state index in [1.165, 1.54) is 18.2 Å². The van der Waals surface area contributed by atoms with Gasteiger partial charge in [0.25, 0.3) is 5.91 Å². The van der Waals surface area contributed by atoms with Crippen LogP contribution in [0.25, 0.3) is 0 Å². The SMILES string of the molecule is Cc1ccc(C(=O)NCC2CCCS2)c(F)c1. The molecule has 0 spiro atoms. The number of carbonyl (C=O) groups is 1. The Kier molecular flexibility index (Phi) is 4.05. The maximum absolute atomic E-state index is 13.5. The quantitative estimate of drug-likeness (QED) is 0.897. The lowest BCUT2D eigenvalue weighted by Crippen LogP contribution is -2.30. The van der Waals surface area contributed by atoms with Crippen LogP contribution in [0, 0.1) is 12.7 Å². The number of nitrogens with one attached hydrogen (secondary N) is 1. The van der Waals surface area contributed by atoms with Crippen LogP contribution in [0.4, 0.5) is 4.39 Å². The van der Waals surface area contributed by atoms with Gasteiger partial charge in [-0.15, -0.1) is 0 Å². The molecule has 0 saturated carbocycles. The molecule has 1 amide bonds. The largest absolute Gasteiger partial charge is 0.351 e. The monoisotopic (exact) mass is 253 g/mol. The number of hydrogen-bond acceptors (Lipinski definition) is 2. The predicted octanol–water partition coefficient (Wildman–Crippen LogP) is 2.76. The molecule has 1 aliphatic rings. The first-order chi connectivity index (χ1) is 8.16. The minimum Gasteiger partial charge on any atom is -0.351 e. The van der Waals surface area contributed by atoms with Crippen LogP contribution in [-0.2, 0) is 0 Å². The number of amides is 1. The highest BCUT2D eigenvalue weighted by atomic mass is 32.2. The fourth-order valence-electron chi connectivity index (χ4n) is 1.91. The van der Waals surface area contributed by atoms with E-state index >= 15 is 0 Å². The van der Waals surface area contributed by atoms with Crippen molar-refractivity contribution in [2.45, 2.75) is 25.0 Å². The molecule has 1 saturated heterocycles. The van der Waals surface area contributed by atoms with Crippen molar-refractivity contribution in [3.8, 4) is 0 Å². The highest BCUT2D eigenvalue weighted by Gasteiger charge is 2.17. The molecule has 1 aromatic rings. The lowest BCUT2D eigenvalue weighted by molar-refractivity contribution is 0.0949. The molecule has 1 unspecified atom stereocenters. The summed E-state index contributed by atoms with van der Waals surface area (Å²) in [6, 6.07) is 4.68. The number of hydrogen-bond donors (Lipinski definition) is 1. The van der Waals surface area contributed by atoms with E-state index in [0.29, 0.717) is 11.8 Å². The predicted molar refractivity (Wildman–Crippen MR) is 69.0 cm³/mol. The van der Waals surface area contributed by atoms with E-state index in [9.17, 15) is 9.18 Å². The van der Waals surface area contributed by atoms with Gasteiger partial charge >= 0.3 is 0 Å². The normalized spacial score (nSPS) is 19.3. The van der Waals surface area contributed by atoms with Crippen LogP contribution in [0.5, 0.6) is 0 Å². The van der Waals surface area contributed by atoms with Gasteiger partial charge in [0.1, 0.15) is 5.82 Å². The Hall–Kier alpha value is -1.03. The molecular weight excluding hydrogens is 237 g/mol. The van der Waals surface area contributed by atoms with E-state index in [1.807, 2.05) is 11.8 Å². The van der Waals surface area contributed by atoms with Crippen molar-refractivity contribution in [1.82, 2.24) is 5.32 Å². The third-order valence-electron chi connectivity index (χ3n) is 2.88. The van der Waals surface area contributed by atoms with Crippen molar-refractivity contribution < 1.29 is 9.18 Å². The Labute approximate surface area is 105 Å². The summed E-state index contributed by atoms with van der Waals surface area (Å²) in [5.41, 5.74) is 0.962. The second-order valence-electron chi connectivity index (χ2n) is 4.33. The van der Waals surface area contributed by atoms with Gasteiger partial charge in [-0.25, -0.2) is 4.39 Å². The average molecular weight is 253 g/mol. The Balaban J connectivity index is 1.94. The summed E-state index contributed by atoms with van der Waals surface area (Å²) >= 11 is 1.88. The van der Waals surface area contributed by atoms with Gasteiger partial charge in [0.2, 0.25) is 0 Å². The van der Waals surface area contributed by atoms with Crippen molar-refractivity contribution in [3.63, 3.8) is 0 Å². The highest BCUT2D eigenvalue weighted by molar-refractivity contribution is 8.00. The highest BCUT2D eigenvalue weighted by Crippen LogP contribution is 2.25. The molecule has 0 radical (unpaired) electrons. The zero-order valence-corrected chi connectivity index (χ0v) is 10.6. The topological polar surface area (TPSA) is 29.1 Å². The van der Waals surface area contributed by atoms with Crippen LogP contribution in [-0.4, -0.2) is 23.5 Å². The molecule has 1 fully saturated rings. The van der Waals surface area contributed by atoms with Gasteiger partial charge in [0.05, 0.1) is 5.56 Å². The van der Waals surface area contributed by atoms with Gasteiger partial charge in [-0.05, 0) is 43.2 Å². The average Bonchev–Trinajstić information content (AvgIpc) is 2.78. The van der Waals surface area contributed by atoms with E-state index in [4.69, 9.17) is 0 Å².